The molecular formula is C27H12F10N2O2. The molecule has 2 amide bonds. The van der Waals surface area contributed by atoms with Crippen molar-refractivity contribution in [1.29, 1.82) is 0 Å². The number of hydrogen-bond donors (Lipinski definition) is 2. The number of benzene rings is 4. The van der Waals surface area contributed by atoms with Crippen LogP contribution in [0.2, 0.25) is 0 Å². The van der Waals surface area contributed by atoms with Crippen molar-refractivity contribution in [2.75, 3.05) is 10.6 Å². The molecule has 0 aliphatic rings. The van der Waals surface area contributed by atoms with Crippen molar-refractivity contribution in [3.63, 3.8) is 0 Å². The van der Waals surface area contributed by atoms with Gasteiger partial charge in [-0.3, -0.25) is 9.59 Å². The molecule has 14 heteroatoms. The van der Waals surface area contributed by atoms with E-state index in [4.69, 9.17) is 0 Å². The summed E-state index contributed by atoms with van der Waals surface area (Å²) in [7, 11) is 0. The standard InChI is InChI=1S/C27H12F10N2O2/c28-16-14(17(29)21(33)24(36)20(16)32)26(40)38-12-5-1-10(2-6-12)9-11-3-7-13(8-4-11)39-27(41)15-18(30)22(34)25(37)23(35)19(15)31/h1-8H,9H2,(H,38,40)(H,39,41). The van der Waals surface area contributed by atoms with Gasteiger partial charge in [0, 0.05) is 11.4 Å². The zero-order valence-electron chi connectivity index (χ0n) is 19.9. The zero-order valence-corrected chi connectivity index (χ0v) is 19.9. The smallest absolute Gasteiger partial charge is 0.261 e. The molecule has 0 bridgehead atoms. The number of rotatable bonds is 6. The fourth-order valence-electron chi connectivity index (χ4n) is 3.64. The minimum absolute atomic E-state index is 0.0334. The Morgan fingerprint density at radius 2 is 0.659 bits per heavy atom. The Bertz CT molecular complexity index is 1510. The van der Waals surface area contributed by atoms with Crippen molar-refractivity contribution in [2.45, 2.75) is 6.42 Å². The quantitative estimate of drug-likeness (QED) is 0.143. The van der Waals surface area contributed by atoms with Crippen LogP contribution >= 0.6 is 0 Å². The molecule has 4 aromatic rings. The molecule has 0 heterocycles. The molecule has 4 nitrogen and oxygen atoms in total. The number of amides is 2. The van der Waals surface area contributed by atoms with Gasteiger partial charge < -0.3 is 10.6 Å². The predicted octanol–water partition coefficient (Wildman–Crippen LogP) is 7.17. The zero-order chi connectivity index (χ0) is 30.2. The van der Waals surface area contributed by atoms with Gasteiger partial charge >= 0.3 is 0 Å². The van der Waals surface area contributed by atoms with Gasteiger partial charge in [-0.25, -0.2) is 43.9 Å². The molecule has 0 aromatic heterocycles. The fourth-order valence-corrected chi connectivity index (χ4v) is 3.64. The summed E-state index contributed by atoms with van der Waals surface area (Å²) in [6.07, 6.45) is 0.234. The summed E-state index contributed by atoms with van der Waals surface area (Å²) in [5, 5.41) is 4.05. The van der Waals surface area contributed by atoms with Crippen LogP contribution in [0.15, 0.2) is 48.5 Å². The van der Waals surface area contributed by atoms with Gasteiger partial charge in [0.2, 0.25) is 11.6 Å². The van der Waals surface area contributed by atoms with Gasteiger partial charge in [0.25, 0.3) is 11.8 Å². The molecule has 212 valence electrons. The number of hydrogen-bond acceptors (Lipinski definition) is 2. The van der Waals surface area contributed by atoms with Gasteiger partial charge in [-0.15, -0.1) is 0 Å². The van der Waals surface area contributed by atoms with Gasteiger partial charge in [-0.05, 0) is 41.8 Å². The molecule has 41 heavy (non-hydrogen) atoms. The second-order valence-corrected chi connectivity index (χ2v) is 8.37. The Labute approximate surface area is 223 Å². The highest BCUT2D eigenvalue weighted by molar-refractivity contribution is 6.05. The monoisotopic (exact) mass is 586 g/mol. The summed E-state index contributed by atoms with van der Waals surface area (Å²) in [5.41, 5.74) is -2.16. The average molecular weight is 586 g/mol. The van der Waals surface area contributed by atoms with Crippen LogP contribution in [-0.2, 0) is 6.42 Å². The molecule has 4 aromatic carbocycles. The third-order valence-electron chi connectivity index (χ3n) is 5.71. The summed E-state index contributed by atoms with van der Waals surface area (Å²) in [6.45, 7) is 0. The summed E-state index contributed by atoms with van der Waals surface area (Å²) in [5.74, 6) is -26.2. The van der Waals surface area contributed by atoms with Crippen LogP contribution in [-0.4, -0.2) is 11.8 Å². The molecule has 0 radical (unpaired) electrons. The van der Waals surface area contributed by atoms with Crippen LogP contribution in [0.3, 0.4) is 0 Å². The van der Waals surface area contributed by atoms with Crippen molar-refractivity contribution in [2.24, 2.45) is 0 Å². The van der Waals surface area contributed by atoms with Gasteiger partial charge in [0.1, 0.15) is 11.1 Å². The summed E-state index contributed by atoms with van der Waals surface area (Å²) >= 11 is 0. The maximum Gasteiger partial charge on any atom is 0.261 e. The lowest BCUT2D eigenvalue weighted by molar-refractivity contribution is 0.100. The Kier molecular flexibility index (Phi) is 8.03. The minimum atomic E-state index is -2.40. The van der Waals surface area contributed by atoms with E-state index in [1.54, 1.807) is 0 Å². The van der Waals surface area contributed by atoms with Crippen molar-refractivity contribution in [3.05, 3.63) is 129 Å². The molecule has 4 rings (SSSR count). The van der Waals surface area contributed by atoms with Crippen molar-refractivity contribution < 1.29 is 53.5 Å². The molecule has 0 aliphatic heterocycles. The van der Waals surface area contributed by atoms with Crippen molar-refractivity contribution >= 4 is 23.2 Å². The second kappa shape index (κ2) is 11.3. The van der Waals surface area contributed by atoms with E-state index in [1.807, 2.05) is 10.6 Å². The molecule has 0 saturated heterocycles. The summed E-state index contributed by atoms with van der Waals surface area (Å²) in [4.78, 5) is 24.3. The Morgan fingerprint density at radius 1 is 0.415 bits per heavy atom. The average Bonchev–Trinajstić information content (AvgIpc) is 2.95. The second-order valence-electron chi connectivity index (χ2n) is 8.37. The van der Waals surface area contributed by atoms with Crippen LogP contribution in [0.1, 0.15) is 31.8 Å². The third-order valence-corrected chi connectivity index (χ3v) is 5.71. The lowest BCUT2D eigenvalue weighted by atomic mass is 10.0. The highest BCUT2D eigenvalue weighted by Crippen LogP contribution is 2.26. The number of anilines is 2. The van der Waals surface area contributed by atoms with Crippen LogP contribution in [0.25, 0.3) is 0 Å². The van der Waals surface area contributed by atoms with Crippen LogP contribution in [0, 0.1) is 58.2 Å². The molecule has 0 aliphatic carbocycles. The SMILES string of the molecule is O=C(Nc1ccc(Cc2ccc(NC(=O)c3c(F)c(F)c(F)c(F)c3F)cc2)cc1)c1c(F)c(F)c(F)c(F)c1F. The number of carbonyl (C=O) groups is 2. The normalized spacial score (nSPS) is 11.0. The van der Waals surface area contributed by atoms with Crippen molar-refractivity contribution in [3.8, 4) is 0 Å². The topological polar surface area (TPSA) is 58.2 Å². The highest BCUT2D eigenvalue weighted by atomic mass is 19.2. The van der Waals surface area contributed by atoms with Gasteiger partial charge in [0.05, 0.1) is 0 Å². The van der Waals surface area contributed by atoms with Crippen LogP contribution in [0.5, 0.6) is 0 Å². The van der Waals surface area contributed by atoms with E-state index in [-0.39, 0.29) is 17.8 Å². The molecule has 2 N–H and O–H groups in total. The van der Waals surface area contributed by atoms with E-state index in [2.05, 4.69) is 0 Å². The van der Waals surface area contributed by atoms with Crippen LogP contribution in [0.4, 0.5) is 55.3 Å². The van der Waals surface area contributed by atoms with E-state index < -0.39 is 81.1 Å². The molecule has 0 atom stereocenters. The van der Waals surface area contributed by atoms with Gasteiger partial charge in [-0.1, -0.05) is 24.3 Å². The molecule has 0 fully saturated rings. The first kappa shape index (κ1) is 29.1. The van der Waals surface area contributed by atoms with E-state index >= 15 is 0 Å². The Hall–Kier alpha value is -4.88. The third kappa shape index (κ3) is 5.58. The predicted molar refractivity (Wildman–Crippen MR) is 124 cm³/mol. The minimum Gasteiger partial charge on any atom is -0.322 e. The number of halogens is 10. The first-order valence-electron chi connectivity index (χ1n) is 11.1. The molecule has 0 saturated carbocycles. The summed E-state index contributed by atoms with van der Waals surface area (Å²) < 4.78 is 135. The lowest BCUT2D eigenvalue weighted by Crippen LogP contribution is -2.19. The molecular weight excluding hydrogens is 574 g/mol. The van der Waals surface area contributed by atoms with Gasteiger partial charge in [-0.2, -0.15) is 0 Å². The number of carbonyl (C=O) groups excluding carboxylic acids is 2. The van der Waals surface area contributed by atoms with E-state index in [0.29, 0.717) is 11.1 Å². The van der Waals surface area contributed by atoms with Crippen LogP contribution < -0.4 is 10.6 Å². The maximum absolute atomic E-state index is 13.8. The highest BCUT2D eigenvalue weighted by Gasteiger charge is 2.31. The first-order valence-corrected chi connectivity index (χ1v) is 11.1. The largest absolute Gasteiger partial charge is 0.322 e. The van der Waals surface area contributed by atoms with Gasteiger partial charge in [0.15, 0.2) is 46.5 Å². The Balaban J connectivity index is 1.42. The lowest BCUT2D eigenvalue weighted by Gasteiger charge is -2.11. The first-order chi connectivity index (χ1) is 19.3. The maximum atomic E-state index is 13.8. The van der Waals surface area contributed by atoms with E-state index in [9.17, 15) is 53.5 Å². The van der Waals surface area contributed by atoms with E-state index in [0.717, 1.165) is 0 Å². The molecule has 0 spiro atoms. The van der Waals surface area contributed by atoms with E-state index in [1.165, 1.54) is 48.5 Å². The number of nitrogens with one attached hydrogen (secondary N) is 2. The Morgan fingerprint density at radius 3 is 0.927 bits per heavy atom. The molecule has 0 unspecified atom stereocenters. The van der Waals surface area contributed by atoms with Crippen molar-refractivity contribution in [1.82, 2.24) is 0 Å². The fraction of sp³-hybridized carbons (Fsp3) is 0.0370. The summed E-state index contributed by atoms with van der Waals surface area (Å²) in [6, 6.07) is 11.0.